The van der Waals surface area contributed by atoms with E-state index in [1.165, 1.54) is 11.3 Å². The van der Waals surface area contributed by atoms with Crippen molar-refractivity contribution in [1.29, 1.82) is 0 Å². The first-order valence-electron chi connectivity index (χ1n) is 5.47. The van der Waals surface area contributed by atoms with E-state index in [0.717, 1.165) is 16.4 Å². The third-order valence-electron chi connectivity index (χ3n) is 2.17. The number of rotatable bonds is 4. The standard InChI is InChI=1S/C11H11N3O3S2/c1-3-17-11(16)7-4-6(2)19-10(7)12-9(15)8-5-18-14-13-8/h4-5H,3H2,1-2H3,(H,12,15). The molecule has 19 heavy (non-hydrogen) atoms. The zero-order valence-electron chi connectivity index (χ0n) is 10.3. The smallest absolute Gasteiger partial charge is 0.341 e. The van der Waals surface area contributed by atoms with Crippen molar-refractivity contribution in [3.05, 3.63) is 27.6 Å². The Balaban J connectivity index is 2.20. The maximum Gasteiger partial charge on any atom is 0.341 e. The first kappa shape index (κ1) is 13.6. The maximum atomic E-state index is 11.9. The fourth-order valence-electron chi connectivity index (χ4n) is 1.40. The molecule has 0 bridgehead atoms. The second-order valence-corrected chi connectivity index (χ2v) is 5.43. The lowest BCUT2D eigenvalue weighted by atomic mass is 10.3. The molecule has 0 aliphatic rings. The highest BCUT2D eigenvalue weighted by Crippen LogP contribution is 2.28. The van der Waals surface area contributed by atoms with Crippen LogP contribution in [0.5, 0.6) is 0 Å². The molecule has 0 unspecified atom stereocenters. The van der Waals surface area contributed by atoms with Crippen LogP contribution in [-0.2, 0) is 4.74 Å². The second kappa shape index (κ2) is 5.89. The summed E-state index contributed by atoms with van der Waals surface area (Å²) in [6.45, 7) is 3.88. The van der Waals surface area contributed by atoms with E-state index >= 15 is 0 Å². The van der Waals surface area contributed by atoms with Gasteiger partial charge in [0.25, 0.3) is 5.91 Å². The summed E-state index contributed by atoms with van der Waals surface area (Å²) in [5.41, 5.74) is 0.590. The molecule has 0 atom stereocenters. The van der Waals surface area contributed by atoms with E-state index in [0.29, 0.717) is 10.6 Å². The third-order valence-corrected chi connectivity index (χ3v) is 3.64. The van der Waals surface area contributed by atoms with Gasteiger partial charge in [-0.15, -0.1) is 16.4 Å². The van der Waals surface area contributed by atoms with E-state index in [1.54, 1.807) is 18.4 Å². The minimum Gasteiger partial charge on any atom is -0.462 e. The van der Waals surface area contributed by atoms with E-state index < -0.39 is 5.97 Å². The highest BCUT2D eigenvalue weighted by Gasteiger charge is 2.19. The van der Waals surface area contributed by atoms with Crippen LogP contribution in [0.3, 0.4) is 0 Å². The van der Waals surface area contributed by atoms with Crippen LogP contribution in [0.2, 0.25) is 0 Å². The van der Waals surface area contributed by atoms with Crippen LogP contribution >= 0.6 is 22.9 Å². The van der Waals surface area contributed by atoms with Crippen LogP contribution in [0.4, 0.5) is 5.00 Å². The zero-order chi connectivity index (χ0) is 13.8. The Morgan fingerprint density at radius 3 is 2.89 bits per heavy atom. The van der Waals surface area contributed by atoms with Gasteiger partial charge in [0.2, 0.25) is 0 Å². The predicted molar refractivity (Wildman–Crippen MR) is 72.9 cm³/mol. The summed E-state index contributed by atoms with van der Waals surface area (Å²) in [6, 6.07) is 1.69. The molecule has 8 heteroatoms. The van der Waals surface area contributed by atoms with Gasteiger partial charge < -0.3 is 10.1 Å². The largest absolute Gasteiger partial charge is 0.462 e. The van der Waals surface area contributed by atoms with E-state index in [-0.39, 0.29) is 18.2 Å². The fraction of sp³-hybridized carbons (Fsp3) is 0.273. The molecule has 1 N–H and O–H groups in total. The minimum atomic E-state index is -0.446. The molecule has 2 rings (SSSR count). The van der Waals surface area contributed by atoms with E-state index in [2.05, 4.69) is 14.9 Å². The van der Waals surface area contributed by atoms with E-state index in [9.17, 15) is 9.59 Å². The molecule has 2 heterocycles. The Hall–Kier alpha value is -1.80. The van der Waals surface area contributed by atoms with Crippen LogP contribution in [0.15, 0.2) is 11.4 Å². The number of carbonyl (C=O) groups excluding carboxylic acids is 2. The van der Waals surface area contributed by atoms with Gasteiger partial charge in [-0.25, -0.2) is 4.79 Å². The molecule has 0 saturated carbocycles. The molecular weight excluding hydrogens is 286 g/mol. The molecule has 1 amide bonds. The van der Waals surface area contributed by atoms with Gasteiger partial charge in [0.15, 0.2) is 5.69 Å². The number of hydrogen-bond donors (Lipinski definition) is 1. The topological polar surface area (TPSA) is 81.2 Å². The number of carbonyl (C=O) groups is 2. The van der Waals surface area contributed by atoms with Crippen molar-refractivity contribution in [3.8, 4) is 0 Å². The molecule has 2 aromatic rings. The average Bonchev–Trinajstić information content (AvgIpc) is 2.98. The number of amides is 1. The molecule has 100 valence electrons. The Morgan fingerprint density at radius 2 is 2.26 bits per heavy atom. The Labute approximate surface area is 117 Å². The van der Waals surface area contributed by atoms with E-state index in [4.69, 9.17) is 4.74 Å². The lowest BCUT2D eigenvalue weighted by molar-refractivity contribution is 0.0528. The van der Waals surface area contributed by atoms with Gasteiger partial charge in [-0.1, -0.05) is 4.49 Å². The molecule has 2 aromatic heterocycles. The fourth-order valence-corrected chi connectivity index (χ4v) is 2.73. The zero-order valence-corrected chi connectivity index (χ0v) is 11.9. The van der Waals surface area contributed by atoms with Gasteiger partial charge in [-0.3, -0.25) is 4.79 Å². The summed E-state index contributed by atoms with van der Waals surface area (Å²) in [5.74, 6) is -0.834. The van der Waals surface area contributed by atoms with Crippen molar-refractivity contribution in [2.45, 2.75) is 13.8 Å². The molecule has 6 nitrogen and oxygen atoms in total. The predicted octanol–water partition coefficient (Wildman–Crippen LogP) is 2.34. The first-order chi connectivity index (χ1) is 9.11. The van der Waals surface area contributed by atoms with Gasteiger partial charge in [0.05, 0.1) is 12.2 Å². The summed E-state index contributed by atoms with van der Waals surface area (Å²) >= 11 is 2.41. The normalized spacial score (nSPS) is 10.2. The Bertz CT molecular complexity index is 592. The van der Waals surface area contributed by atoms with Crippen molar-refractivity contribution in [2.75, 3.05) is 11.9 Å². The molecule has 0 aromatic carbocycles. The van der Waals surface area contributed by atoms with Crippen molar-refractivity contribution >= 4 is 39.7 Å². The molecule has 0 fully saturated rings. The highest BCUT2D eigenvalue weighted by atomic mass is 32.1. The number of aryl methyl sites for hydroxylation is 1. The first-order valence-corrected chi connectivity index (χ1v) is 7.13. The van der Waals surface area contributed by atoms with Crippen LogP contribution in [0.25, 0.3) is 0 Å². The molecule has 0 saturated heterocycles. The number of nitrogens with zero attached hydrogens (tertiary/aromatic N) is 2. The lowest BCUT2D eigenvalue weighted by Gasteiger charge is -2.04. The monoisotopic (exact) mass is 297 g/mol. The number of anilines is 1. The number of thiophene rings is 1. The van der Waals surface area contributed by atoms with Crippen molar-refractivity contribution < 1.29 is 14.3 Å². The van der Waals surface area contributed by atoms with Gasteiger partial charge in [0, 0.05) is 10.3 Å². The van der Waals surface area contributed by atoms with E-state index in [1.807, 2.05) is 6.92 Å². The van der Waals surface area contributed by atoms with Gasteiger partial charge in [0.1, 0.15) is 5.00 Å². The number of aromatic nitrogens is 2. The molecule has 0 aliphatic heterocycles. The van der Waals surface area contributed by atoms with Crippen molar-refractivity contribution in [1.82, 2.24) is 9.59 Å². The SMILES string of the molecule is CCOC(=O)c1cc(C)sc1NC(=O)c1csnn1. The van der Waals surface area contributed by atoms with Crippen molar-refractivity contribution in [2.24, 2.45) is 0 Å². The quantitative estimate of drug-likeness (QED) is 0.876. The summed E-state index contributed by atoms with van der Waals surface area (Å²) in [7, 11) is 0. The number of ether oxygens (including phenoxy) is 1. The van der Waals surface area contributed by atoms with Gasteiger partial charge in [-0.05, 0) is 31.4 Å². The Morgan fingerprint density at radius 1 is 1.47 bits per heavy atom. The lowest BCUT2D eigenvalue weighted by Crippen LogP contribution is -2.14. The van der Waals surface area contributed by atoms with Crippen LogP contribution in [0.1, 0.15) is 32.6 Å². The number of nitrogens with one attached hydrogen (secondary N) is 1. The van der Waals surface area contributed by atoms with Gasteiger partial charge >= 0.3 is 5.97 Å². The number of esters is 1. The van der Waals surface area contributed by atoms with Gasteiger partial charge in [-0.2, -0.15) is 0 Å². The molecule has 0 aliphatic carbocycles. The second-order valence-electron chi connectivity index (χ2n) is 3.56. The Kier molecular flexibility index (Phi) is 4.23. The summed E-state index contributed by atoms with van der Waals surface area (Å²) in [5, 5.41) is 8.34. The molecular formula is C11H11N3O3S2. The highest BCUT2D eigenvalue weighted by molar-refractivity contribution is 7.16. The maximum absolute atomic E-state index is 11.9. The molecule has 0 spiro atoms. The summed E-state index contributed by atoms with van der Waals surface area (Å²) < 4.78 is 8.56. The summed E-state index contributed by atoms with van der Waals surface area (Å²) in [4.78, 5) is 24.5. The average molecular weight is 297 g/mol. The van der Waals surface area contributed by atoms with Crippen LogP contribution in [0, 0.1) is 6.92 Å². The van der Waals surface area contributed by atoms with Crippen LogP contribution < -0.4 is 5.32 Å². The van der Waals surface area contributed by atoms with Crippen molar-refractivity contribution in [3.63, 3.8) is 0 Å². The minimum absolute atomic E-state index is 0.228. The number of hydrogen-bond acceptors (Lipinski definition) is 7. The molecule has 0 radical (unpaired) electrons. The summed E-state index contributed by atoms with van der Waals surface area (Å²) in [6.07, 6.45) is 0. The van der Waals surface area contributed by atoms with Crippen LogP contribution in [-0.4, -0.2) is 28.1 Å². The third kappa shape index (κ3) is 3.15.